The molecule has 0 saturated carbocycles. The summed E-state index contributed by atoms with van der Waals surface area (Å²) in [6.45, 7) is 1.42. The Bertz CT molecular complexity index is 1230. The molecule has 0 amide bonds. The van der Waals surface area contributed by atoms with Gasteiger partial charge in [0.05, 0.1) is 46.1 Å². The second-order valence-corrected chi connectivity index (χ2v) is 7.72. The van der Waals surface area contributed by atoms with E-state index in [0.29, 0.717) is 23.9 Å². The molecule has 0 N–H and O–H groups in total. The van der Waals surface area contributed by atoms with E-state index in [2.05, 4.69) is 10.6 Å². The zero-order valence-electron chi connectivity index (χ0n) is 20.0. The van der Waals surface area contributed by atoms with E-state index in [1.54, 1.807) is 28.4 Å². The third kappa shape index (κ3) is 4.88. The van der Waals surface area contributed by atoms with Gasteiger partial charge < -0.3 is 28.3 Å². The van der Waals surface area contributed by atoms with Crippen molar-refractivity contribution in [1.82, 2.24) is 9.55 Å². The Morgan fingerprint density at radius 1 is 0.735 bits per heavy atom. The molecule has 0 bridgehead atoms. The largest absolute Gasteiger partial charge is 0.497 e. The van der Waals surface area contributed by atoms with Crippen LogP contribution in [-0.4, -0.2) is 44.6 Å². The third-order valence-electron chi connectivity index (χ3n) is 5.66. The van der Waals surface area contributed by atoms with Crippen molar-refractivity contribution in [3.05, 3.63) is 60.7 Å². The molecule has 0 radical (unpaired) electrons. The average Bonchev–Trinajstić information content (AvgIpc) is 3.26. The Balaban J connectivity index is 1.55. The van der Waals surface area contributed by atoms with E-state index >= 15 is 0 Å². The maximum Gasteiger partial charge on any atom is 0.203 e. The minimum absolute atomic E-state index is 0.561. The number of rotatable bonds is 11. The summed E-state index contributed by atoms with van der Waals surface area (Å²) in [6.07, 6.45) is 1.83. The van der Waals surface area contributed by atoms with Crippen LogP contribution in [0.3, 0.4) is 0 Å². The number of unbranched alkanes of at least 4 members (excludes halogenated alkanes) is 1. The van der Waals surface area contributed by atoms with Crippen molar-refractivity contribution in [2.45, 2.75) is 19.4 Å². The minimum atomic E-state index is 0.561. The van der Waals surface area contributed by atoms with Crippen LogP contribution >= 0.6 is 0 Å². The van der Waals surface area contributed by atoms with E-state index in [1.165, 1.54) is 0 Å². The molecule has 0 saturated heterocycles. The lowest BCUT2D eigenvalue weighted by molar-refractivity contribution is 0.301. The Hall–Kier alpha value is -3.87. The number of methoxy groups -OCH3 is 4. The zero-order chi connectivity index (χ0) is 23.9. The van der Waals surface area contributed by atoms with Gasteiger partial charge in [0.2, 0.25) is 5.75 Å². The van der Waals surface area contributed by atoms with Gasteiger partial charge in [-0.25, -0.2) is 4.98 Å². The topological polar surface area (TPSA) is 64.0 Å². The Kier molecular flexibility index (Phi) is 7.42. The molecule has 0 atom stereocenters. The van der Waals surface area contributed by atoms with Crippen LogP contribution in [-0.2, 0) is 6.54 Å². The van der Waals surface area contributed by atoms with Crippen molar-refractivity contribution in [2.24, 2.45) is 0 Å². The van der Waals surface area contributed by atoms with Crippen LogP contribution in [0.15, 0.2) is 60.7 Å². The summed E-state index contributed by atoms with van der Waals surface area (Å²) in [7, 11) is 6.49. The fourth-order valence-electron chi connectivity index (χ4n) is 3.99. The number of ether oxygens (including phenoxy) is 5. The Morgan fingerprint density at radius 2 is 1.47 bits per heavy atom. The molecule has 1 heterocycles. The first-order valence-corrected chi connectivity index (χ1v) is 11.2. The molecule has 0 aliphatic carbocycles. The molecule has 0 aliphatic rings. The number of fused-ring (bicyclic) bond motifs is 1. The second kappa shape index (κ2) is 10.8. The van der Waals surface area contributed by atoms with Gasteiger partial charge in [-0.15, -0.1) is 0 Å². The molecular weight excluding hydrogens is 432 g/mol. The summed E-state index contributed by atoms with van der Waals surface area (Å²) in [4.78, 5) is 4.92. The fourth-order valence-corrected chi connectivity index (χ4v) is 3.99. The molecule has 4 rings (SSSR count). The summed E-state index contributed by atoms with van der Waals surface area (Å²) in [5, 5.41) is 0. The standard InChI is InChI=1S/C27H30N2O5/c1-30-20-10-9-11-21(18-20)34-15-8-7-14-29-23-13-6-5-12-22(23)28-27(29)19-16-24(31-2)26(33-4)25(17-19)32-3/h5-6,9-13,16-18H,7-8,14-15H2,1-4H3. The van der Waals surface area contributed by atoms with Gasteiger partial charge in [0.1, 0.15) is 17.3 Å². The second-order valence-electron chi connectivity index (χ2n) is 7.72. The molecule has 34 heavy (non-hydrogen) atoms. The predicted molar refractivity (Wildman–Crippen MR) is 133 cm³/mol. The van der Waals surface area contributed by atoms with Crippen molar-refractivity contribution in [3.8, 4) is 40.1 Å². The predicted octanol–water partition coefficient (Wildman–Crippen LogP) is 5.60. The zero-order valence-corrected chi connectivity index (χ0v) is 20.0. The van der Waals surface area contributed by atoms with E-state index in [0.717, 1.165) is 53.3 Å². The maximum absolute atomic E-state index is 5.90. The van der Waals surface area contributed by atoms with Gasteiger partial charge in [-0.1, -0.05) is 18.2 Å². The molecule has 0 aliphatic heterocycles. The van der Waals surface area contributed by atoms with Crippen LogP contribution in [0.25, 0.3) is 22.4 Å². The number of aromatic nitrogens is 2. The van der Waals surface area contributed by atoms with E-state index in [4.69, 9.17) is 28.7 Å². The van der Waals surface area contributed by atoms with Crippen molar-refractivity contribution in [1.29, 1.82) is 0 Å². The first kappa shape index (κ1) is 23.3. The molecule has 0 unspecified atom stereocenters. The SMILES string of the molecule is COc1cccc(OCCCCn2c(-c3cc(OC)c(OC)c(OC)c3)nc3ccccc32)c1. The number of hydrogen-bond acceptors (Lipinski definition) is 6. The molecule has 3 aromatic carbocycles. The lowest BCUT2D eigenvalue weighted by Crippen LogP contribution is -2.04. The smallest absolute Gasteiger partial charge is 0.203 e. The number of aryl methyl sites for hydroxylation is 1. The molecule has 178 valence electrons. The molecule has 7 nitrogen and oxygen atoms in total. The summed E-state index contributed by atoms with van der Waals surface area (Å²) in [5.41, 5.74) is 2.93. The van der Waals surface area contributed by atoms with Crippen molar-refractivity contribution in [3.63, 3.8) is 0 Å². The molecule has 0 spiro atoms. The lowest BCUT2D eigenvalue weighted by Gasteiger charge is -2.15. The molecule has 4 aromatic rings. The van der Waals surface area contributed by atoms with E-state index in [1.807, 2.05) is 54.6 Å². The van der Waals surface area contributed by atoms with E-state index in [-0.39, 0.29) is 0 Å². The highest BCUT2D eigenvalue weighted by Crippen LogP contribution is 2.41. The van der Waals surface area contributed by atoms with E-state index in [9.17, 15) is 0 Å². The van der Waals surface area contributed by atoms with Crippen molar-refractivity contribution in [2.75, 3.05) is 35.0 Å². The Morgan fingerprint density at radius 3 is 2.18 bits per heavy atom. The molecule has 7 heteroatoms. The van der Waals surface area contributed by atoms with Crippen LogP contribution in [0.5, 0.6) is 28.7 Å². The number of nitrogens with zero attached hydrogens (tertiary/aromatic N) is 2. The molecule has 0 fully saturated rings. The third-order valence-corrected chi connectivity index (χ3v) is 5.66. The van der Waals surface area contributed by atoms with Crippen molar-refractivity contribution >= 4 is 11.0 Å². The summed E-state index contributed by atoms with van der Waals surface area (Å²) < 4.78 is 30.0. The van der Waals surface area contributed by atoms with Gasteiger partial charge >= 0.3 is 0 Å². The summed E-state index contributed by atoms with van der Waals surface area (Å²) in [5.74, 6) is 4.22. The Labute approximate surface area is 199 Å². The van der Waals surface area contributed by atoms with Crippen LogP contribution in [0.4, 0.5) is 0 Å². The quantitative estimate of drug-likeness (QED) is 0.271. The van der Waals surface area contributed by atoms with Gasteiger partial charge in [-0.05, 0) is 49.2 Å². The van der Waals surface area contributed by atoms with Gasteiger partial charge in [-0.2, -0.15) is 0 Å². The molecule has 1 aromatic heterocycles. The highest BCUT2D eigenvalue weighted by molar-refractivity contribution is 5.81. The number of hydrogen-bond donors (Lipinski definition) is 0. The number of benzene rings is 3. The minimum Gasteiger partial charge on any atom is -0.497 e. The van der Waals surface area contributed by atoms with Crippen molar-refractivity contribution < 1.29 is 23.7 Å². The fraction of sp³-hybridized carbons (Fsp3) is 0.296. The highest BCUT2D eigenvalue weighted by Gasteiger charge is 2.18. The van der Waals surface area contributed by atoms with Gasteiger partial charge in [0.15, 0.2) is 11.5 Å². The monoisotopic (exact) mass is 462 g/mol. The van der Waals surface area contributed by atoms with Gasteiger partial charge in [-0.3, -0.25) is 0 Å². The van der Waals surface area contributed by atoms with E-state index < -0.39 is 0 Å². The van der Waals surface area contributed by atoms with Gasteiger partial charge in [0.25, 0.3) is 0 Å². The van der Waals surface area contributed by atoms with Crippen LogP contribution in [0.2, 0.25) is 0 Å². The van der Waals surface area contributed by atoms with Crippen LogP contribution in [0, 0.1) is 0 Å². The first-order chi connectivity index (χ1) is 16.7. The average molecular weight is 463 g/mol. The highest BCUT2D eigenvalue weighted by atomic mass is 16.5. The van der Waals surface area contributed by atoms with Crippen LogP contribution < -0.4 is 23.7 Å². The summed E-state index contributed by atoms with van der Waals surface area (Å²) >= 11 is 0. The summed E-state index contributed by atoms with van der Waals surface area (Å²) in [6, 6.07) is 19.7. The lowest BCUT2D eigenvalue weighted by atomic mass is 10.1. The van der Waals surface area contributed by atoms with Crippen LogP contribution in [0.1, 0.15) is 12.8 Å². The molecular formula is C27H30N2O5. The number of para-hydroxylation sites is 2. The maximum atomic E-state index is 5.90. The normalized spacial score (nSPS) is 10.8. The van der Waals surface area contributed by atoms with Gasteiger partial charge in [0, 0.05) is 18.2 Å². The number of imidazole rings is 1. The first-order valence-electron chi connectivity index (χ1n) is 11.2.